The van der Waals surface area contributed by atoms with E-state index in [1.54, 1.807) is 32.2 Å². The summed E-state index contributed by atoms with van der Waals surface area (Å²) < 4.78 is 12.6. The van der Waals surface area contributed by atoms with Crippen molar-refractivity contribution in [2.24, 2.45) is 5.92 Å². The zero-order chi connectivity index (χ0) is 22.4. The van der Waals surface area contributed by atoms with Crippen LogP contribution < -0.4 is 20.3 Å². The van der Waals surface area contributed by atoms with Crippen LogP contribution in [0.2, 0.25) is 0 Å². The van der Waals surface area contributed by atoms with Gasteiger partial charge < -0.3 is 14.8 Å². The van der Waals surface area contributed by atoms with Gasteiger partial charge >= 0.3 is 0 Å². The number of hydrogen-bond acceptors (Lipinski definition) is 5. The van der Waals surface area contributed by atoms with Crippen molar-refractivity contribution in [1.29, 1.82) is 0 Å². The van der Waals surface area contributed by atoms with E-state index in [1.807, 2.05) is 24.3 Å². The van der Waals surface area contributed by atoms with Crippen molar-refractivity contribution in [1.82, 2.24) is 14.9 Å². The molecule has 0 bridgehead atoms. The number of aryl methyl sites for hydroxylation is 1. The molecule has 0 unspecified atom stereocenters. The molecule has 0 radical (unpaired) electrons. The van der Waals surface area contributed by atoms with Crippen molar-refractivity contribution >= 4 is 16.8 Å². The number of aromatic nitrogens is 2. The van der Waals surface area contributed by atoms with E-state index in [1.165, 1.54) is 4.57 Å². The first-order chi connectivity index (χ1) is 14.9. The van der Waals surface area contributed by atoms with Crippen molar-refractivity contribution in [2.45, 2.75) is 40.3 Å². The SMILES string of the molecule is COc1cc(CNC(=O)Cn2c(C)nc3ccccc3c2=O)ccc1OCCC(C)C. The molecule has 164 valence electrons. The maximum atomic E-state index is 12.7. The third-order valence-electron chi connectivity index (χ3n) is 5.02. The fourth-order valence-corrected chi connectivity index (χ4v) is 3.21. The highest BCUT2D eigenvalue weighted by Gasteiger charge is 2.12. The van der Waals surface area contributed by atoms with Crippen LogP contribution in [0.1, 0.15) is 31.7 Å². The fraction of sp³-hybridized carbons (Fsp3) is 0.375. The van der Waals surface area contributed by atoms with Gasteiger partial charge in [-0.15, -0.1) is 0 Å². The van der Waals surface area contributed by atoms with Crippen molar-refractivity contribution in [3.05, 3.63) is 64.2 Å². The van der Waals surface area contributed by atoms with Gasteiger partial charge in [-0.2, -0.15) is 0 Å². The zero-order valence-corrected chi connectivity index (χ0v) is 18.5. The molecular formula is C24H29N3O4. The Labute approximate surface area is 182 Å². The van der Waals surface area contributed by atoms with Crippen molar-refractivity contribution in [2.75, 3.05) is 13.7 Å². The van der Waals surface area contributed by atoms with E-state index in [2.05, 4.69) is 24.1 Å². The summed E-state index contributed by atoms with van der Waals surface area (Å²) in [5.74, 6) is 2.11. The quantitative estimate of drug-likeness (QED) is 0.570. The third kappa shape index (κ3) is 5.63. The number of amides is 1. The Morgan fingerprint density at radius 3 is 2.68 bits per heavy atom. The molecule has 31 heavy (non-hydrogen) atoms. The molecule has 0 aliphatic rings. The lowest BCUT2D eigenvalue weighted by Crippen LogP contribution is -2.33. The Balaban J connectivity index is 1.64. The maximum absolute atomic E-state index is 12.7. The second kappa shape index (κ2) is 10.1. The number of nitrogens with one attached hydrogen (secondary N) is 1. The highest BCUT2D eigenvalue weighted by atomic mass is 16.5. The lowest BCUT2D eigenvalue weighted by atomic mass is 10.1. The first kappa shape index (κ1) is 22.3. The lowest BCUT2D eigenvalue weighted by molar-refractivity contribution is -0.121. The predicted molar refractivity (Wildman–Crippen MR) is 121 cm³/mol. The number of carbonyl (C=O) groups is 1. The molecule has 0 atom stereocenters. The Bertz CT molecular complexity index is 1120. The average Bonchev–Trinajstić information content (AvgIpc) is 2.75. The van der Waals surface area contributed by atoms with E-state index in [0.717, 1.165) is 12.0 Å². The van der Waals surface area contributed by atoms with E-state index in [4.69, 9.17) is 9.47 Å². The first-order valence-electron chi connectivity index (χ1n) is 10.4. The van der Waals surface area contributed by atoms with Gasteiger partial charge in [-0.1, -0.05) is 32.0 Å². The minimum atomic E-state index is -0.265. The summed E-state index contributed by atoms with van der Waals surface area (Å²) in [7, 11) is 1.59. The Morgan fingerprint density at radius 1 is 1.16 bits per heavy atom. The molecule has 7 heteroatoms. The maximum Gasteiger partial charge on any atom is 0.261 e. The summed E-state index contributed by atoms with van der Waals surface area (Å²) in [6.45, 7) is 6.88. The molecule has 1 N–H and O–H groups in total. The van der Waals surface area contributed by atoms with E-state index in [9.17, 15) is 9.59 Å². The van der Waals surface area contributed by atoms with Gasteiger partial charge in [0, 0.05) is 6.54 Å². The molecule has 3 aromatic rings. The van der Waals surface area contributed by atoms with Gasteiger partial charge in [0.2, 0.25) is 5.91 Å². The highest BCUT2D eigenvalue weighted by Crippen LogP contribution is 2.28. The third-order valence-corrected chi connectivity index (χ3v) is 5.02. The molecule has 1 aromatic heterocycles. The number of para-hydroxylation sites is 1. The molecule has 0 fully saturated rings. The topological polar surface area (TPSA) is 82.5 Å². The second-order valence-electron chi connectivity index (χ2n) is 7.86. The Hall–Kier alpha value is -3.35. The number of hydrogen-bond donors (Lipinski definition) is 1. The van der Waals surface area contributed by atoms with E-state index in [-0.39, 0.29) is 18.0 Å². The molecule has 0 aliphatic heterocycles. The summed E-state index contributed by atoms with van der Waals surface area (Å²) in [5, 5.41) is 3.35. The molecule has 2 aromatic carbocycles. The smallest absolute Gasteiger partial charge is 0.261 e. The highest BCUT2D eigenvalue weighted by molar-refractivity contribution is 5.79. The molecule has 0 saturated heterocycles. The number of methoxy groups -OCH3 is 1. The standard InChI is InChI=1S/C24H29N3O4/c1-16(2)11-12-31-21-10-9-18(13-22(21)30-4)14-25-23(28)15-27-17(3)26-20-8-6-5-7-19(20)24(27)29/h5-10,13,16H,11-12,14-15H2,1-4H3,(H,25,28). The summed E-state index contributed by atoms with van der Waals surface area (Å²) >= 11 is 0. The summed E-state index contributed by atoms with van der Waals surface area (Å²) in [5.41, 5.74) is 1.29. The van der Waals surface area contributed by atoms with Crippen molar-refractivity contribution in [3.8, 4) is 11.5 Å². The van der Waals surface area contributed by atoms with Crippen LogP contribution in [0.4, 0.5) is 0 Å². The fourth-order valence-electron chi connectivity index (χ4n) is 3.21. The van der Waals surface area contributed by atoms with Crippen LogP contribution in [-0.4, -0.2) is 29.2 Å². The monoisotopic (exact) mass is 423 g/mol. The molecule has 3 rings (SSSR count). The van der Waals surface area contributed by atoms with Gasteiger partial charge in [-0.25, -0.2) is 4.98 Å². The summed E-state index contributed by atoms with van der Waals surface area (Å²) in [6, 6.07) is 12.7. The van der Waals surface area contributed by atoms with Crippen molar-refractivity contribution < 1.29 is 14.3 Å². The largest absolute Gasteiger partial charge is 0.493 e. The first-order valence-corrected chi connectivity index (χ1v) is 10.4. The van der Waals surface area contributed by atoms with E-state index in [0.29, 0.717) is 47.3 Å². The molecule has 0 saturated carbocycles. The second-order valence-corrected chi connectivity index (χ2v) is 7.86. The number of nitrogens with zero attached hydrogens (tertiary/aromatic N) is 2. The van der Waals surface area contributed by atoms with Crippen LogP contribution in [0.15, 0.2) is 47.3 Å². The minimum absolute atomic E-state index is 0.0873. The number of benzene rings is 2. The minimum Gasteiger partial charge on any atom is -0.493 e. The number of carbonyl (C=O) groups excluding carboxylic acids is 1. The summed E-state index contributed by atoms with van der Waals surface area (Å²) in [4.78, 5) is 29.6. The van der Waals surface area contributed by atoms with Crippen LogP contribution in [0, 0.1) is 12.8 Å². The Kier molecular flexibility index (Phi) is 7.28. The molecule has 1 heterocycles. The predicted octanol–water partition coefficient (Wildman–Crippen LogP) is 3.45. The van der Waals surface area contributed by atoms with Gasteiger partial charge in [-0.3, -0.25) is 14.2 Å². The molecule has 0 spiro atoms. The molecule has 0 aliphatic carbocycles. The average molecular weight is 424 g/mol. The molecule has 7 nitrogen and oxygen atoms in total. The van der Waals surface area contributed by atoms with Crippen LogP contribution in [0.5, 0.6) is 11.5 Å². The van der Waals surface area contributed by atoms with E-state index >= 15 is 0 Å². The van der Waals surface area contributed by atoms with Crippen LogP contribution in [0.3, 0.4) is 0 Å². The number of rotatable bonds is 9. The van der Waals surface area contributed by atoms with Gasteiger partial charge in [0.15, 0.2) is 11.5 Å². The normalized spacial score (nSPS) is 11.0. The van der Waals surface area contributed by atoms with Crippen LogP contribution >= 0.6 is 0 Å². The Morgan fingerprint density at radius 2 is 1.94 bits per heavy atom. The number of ether oxygens (including phenoxy) is 2. The van der Waals surface area contributed by atoms with Crippen LogP contribution in [0.25, 0.3) is 10.9 Å². The van der Waals surface area contributed by atoms with Crippen LogP contribution in [-0.2, 0) is 17.9 Å². The lowest BCUT2D eigenvalue weighted by Gasteiger charge is -2.14. The molecule has 1 amide bonds. The van der Waals surface area contributed by atoms with E-state index < -0.39 is 0 Å². The van der Waals surface area contributed by atoms with Crippen molar-refractivity contribution in [3.63, 3.8) is 0 Å². The van der Waals surface area contributed by atoms with Gasteiger partial charge in [-0.05, 0) is 49.1 Å². The zero-order valence-electron chi connectivity index (χ0n) is 18.5. The van der Waals surface area contributed by atoms with Gasteiger partial charge in [0.05, 0.1) is 24.6 Å². The summed E-state index contributed by atoms with van der Waals surface area (Å²) in [6.07, 6.45) is 0.962. The van der Waals surface area contributed by atoms with Gasteiger partial charge in [0.1, 0.15) is 12.4 Å². The van der Waals surface area contributed by atoms with Gasteiger partial charge in [0.25, 0.3) is 5.56 Å². The number of fused-ring (bicyclic) bond motifs is 1. The molecular weight excluding hydrogens is 394 g/mol.